The number of aromatic hydroxyl groups is 2. The van der Waals surface area contributed by atoms with Crippen LogP contribution in [0.3, 0.4) is 0 Å². The van der Waals surface area contributed by atoms with Gasteiger partial charge in [-0.05, 0) is 76.5 Å². The average Bonchev–Trinajstić information content (AvgIpc) is 2.60. The molecular formula is C25H36O3. The molecule has 0 aromatic heterocycles. The van der Waals surface area contributed by atoms with Crippen molar-refractivity contribution in [3.8, 4) is 11.5 Å². The van der Waals surface area contributed by atoms with Crippen molar-refractivity contribution in [3.63, 3.8) is 0 Å². The zero-order valence-electron chi connectivity index (χ0n) is 17.8. The minimum atomic E-state index is -0.0124. The van der Waals surface area contributed by atoms with E-state index >= 15 is 0 Å². The molecule has 1 aliphatic rings. The molecule has 1 aromatic rings. The Morgan fingerprint density at radius 2 is 1.68 bits per heavy atom. The third kappa shape index (κ3) is 6.25. The molecule has 2 atom stereocenters. The molecule has 0 heterocycles. The van der Waals surface area contributed by atoms with Gasteiger partial charge in [0, 0.05) is 17.9 Å². The van der Waals surface area contributed by atoms with Crippen molar-refractivity contribution in [1.82, 2.24) is 0 Å². The van der Waals surface area contributed by atoms with Crippen molar-refractivity contribution in [2.45, 2.75) is 84.5 Å². The van der Waals surface area contributed by atoms with E-state index in [2.05, 4.69) is 19.6 Å². The number of phenols is 2. The Kier molecular flexibility index (Phi) is 8.35. The molecule has 3 nitrogen and oxygen atoms in total. The summed E-state index contributed by atoms with van der Waals surface area (Å²) in [5.74, 6) is 0.892. The van der Waals surface area contributed by atoms with Crippen LogP contribution in [0.15, 0.2) is 35.9 Å². The number of unbranched alkanes of at least 4 members (excludes halogenated alkanes) is 4. The summed E-state index contributed by atoms with van der Waals surface area (Å²) in [6.45, 7) is 9.91. The zero-order valence-corrected chi connectivity index (χ0v) is 17.8. The third-order valence-electron chi connectivity index (χ3n) is 5.90. The quantitative estimate of drug-likeness (QED) is 0.353. The average molecular weight is 385 g/mol. The Balaban J connectivity index is 1.99. The number of carbonyl (C=O) groups excluding carboxylic acids is 1. The van der Waals surface area contributed by atoms with Crippen LogP contribution < -0.4 is 0 Å². The van der Waals surface area contributed by atoms with Crippen LogP contribution in [0.5, 0.6) is 11.5 Å². The minimum absolute atomic E-state index is 0.0124. The molecule has 154 valence electrons. The van der Waals surface area contributed by atoms with E-state index in [1.807, 2.05) is 19.1 Å². The Morgan fingerprint density at radius 1 is 1.07 bits per heavy atom. The number of phenolic OH excluding ortho intramolecular Hbond substituents is 2. The van der Waals surface area contributed by atoms with Gasteiger partial charge in [0.15, 0.2) is 0 Å². The lowest BCUT2D eigenvalue weighted by Crippen LogP contribution is -2.17. The van der Waals surface area contributed by atoms with Crippen LogP contribution in [-0.2, 0) is 11.2 Å². The Hall–Kier alpha value is -2.03. The topological polar surface area (TPSA) is 57.5 Å². The standard InChI is InChI=1S/C25H36O3/c1-17(2)21-13-12-18(3)14-22(21)25-23(27)15-20(16-24(25)28)11-9-7-5-6-8-10-19(4)26/h14-16,21-22,27-28H,1,5-13H2,2-4H3/t21-,22+/m0/s1. The molecule has 0 radical (unpaired) electrons. The monoisotopic (exact) mass is 384 g/mol. The fraction of sp³-hybridized carbons (Fsp3) is 0.560. The highest BCUT2D eigenvalue weighted by atomic mass is 16.3. The SMILES string of the molecule is C=C(C)[C@@H]1CCC(C)=C[C@H]1c1c(O)cc(CCCCCCCC(C)=O)cc1O. The Morgan fingerprint density at radius 3 is 2.29 bits per heavy atom. The molecule has 3 heteroatoms. The van der Waals surface area contributed by atoms with Gasteiger partial charge in [0.1, 0.15) is 17.3 Å². The summed E-state index contributed by atoms with van der Waals surface area (Å²) in [5.41, 5.74) is 4.02. The van der Waals surface area contributed by atoms with E-state index in [4.69, 9.17) is 0 Å². The molecule has 1 aromatic carbocycles. The van der Waals surface area contributed by atoms with Gasteiger partial charge in [0.2, 0.25) is 0 Å². The normalized spacial score (nSPS) is 19.3. The minimum Gasteiger partial charge on any atom is -0.507 e. The van der Waals surface area contributed by atoms with Crippen LogP contribution in [0.25, 0.3) is 0 Å². The molecule has 2 rings (SSSR count). The summed E-state index contributed by atoms with van der Waals surface area (Å²) in [4.78, 5) is 10.9. The van der Waals surface area contributed by atoms with Crippen molar-refractivity contribution < 1.29 is 15.0 Å². The number of benzene rings is 1. The lowest BCUT2D eigenvalue weighted by atomic mass is 9.73. The molecule has 0 amide bonds. The van der Waals surface area contributed by atoms with Gasteiger partial charge in [-0.1, -0.05) is 43.1 Å². The van der Waals surface area contributed by atoms with Gasteiger partial charge >= 0.3 is 0 Å². The van der Waals surface area contributed by atoms with Crippen LogP contribution in [0.1, 0.15) is 89.2 Å². The second-order valence-electron chi connectivity index (χ2n) is 8.55. The van der Waals surface area contributed by atoms with E-state index in [1.54, 1.807) is 6.92 Å². The van der Waals surface area contributed by atoms with Crippen molar-refractivity contribution in [2.24, 2.45) is 5.92 Å². The van der Waals surface area contributed by atoms with E-state index in [0.29, 0.717) is 12.0 Å². The number of carbonyl (C=O) groups is 1. The van der Waals surface area contributed by atoms with Gasteiger partial charge in [-0.15, -0.1) is 0 Å². The molecular weight excluding hydrogens is 348 g/mol. The summed E-state index contributed by atoms with van der Waals surface area (Å²) >= 11 is 0. The molecule has 28 heavy (non-hydrogen) atoms. The second-order valence-corrected chi connectivity index (χ2v) is 8.55. The molecule has 0 spiro atoms. The number of hydrogen-bond acceptors (Lipinski definition) is 3. The predicted octanol–water partition coefficient (Wildman–Crippen LogP) is 6.59. The van der Waals surface area contributed by atoms with E-state index in [1.165, 1.54) is 5.57 Å². The van der Waals surface area contributed by atoms with Crippen LogP contribution in [0.2, 0.25) is 0 Å². The first kappa shape index (κ1) is 22.3. The molecule has 0 unspecified atom stereocenters. The molecule has 0 aliphatic heterocycles. The third-order valence-corrected chi connectivity index (χ3v) is 5.90. The van der Waals surface area contributed by atoms with Gasteiger partial charge in [0.05, 0.1) is 0 Å². The summed E-state index contributed by atoms with van der Waals surface area (Å²) < 4.78 is 0. The van der Waals surface area contributed by atoms with E-state index in [-0.39, 0.29) is 29.1 Å². The maximum absolute atomic E-state index is 10.9. The van der Waals surface area contributed by atoms with Crippen molar-refractivity contribution >= 4 is 5.78 Å². The van der Waals surface area contributed by atoms with Gasteiger partial charge in [0.25, 0.3) is 0 Å². The number of Topliss-reactive ketones (excluding diaryl/α,β-unsaturated/α-hetero) is 1. The Labute approximate surface area is 170 Å². The van der Waals surface area contributed by atoms with Crippen LogP contribution in [0, 0.1) is 5.92 Å². The molecule has 0 saturated carbocycles. The highest BCUT2D eigenvalue weighted by Gasteiger charge is 2.30. The van der Waals surface area contributed by atoms with Gasteiger partial charge in [-0.25, -0.2) is 0 Å². The van der Waals surface area contributed by atoms with E-state index in [9.17, 15) is 15.0 Å². The predicted molar refractivity (Wildman–Crippen MR) is 116 cm³/mol. The van der Waals surface area contributed by atoms with Crippen molar-refractivity contribution in [1.29, 1.82) is 0 Å². The first-order valence-corrected chi connectivity index (χ1v) is 10.7. The van der Waals surface area contributed by atoms with Crippen molar-refractivity contribution in [3.05, 3.63) is 47.1 Å². The summed E-state index contributed by atoms with van der Waals surface area (Å²) in [5, 5.41) is 21.4. The fourth-order valence-corrected chi connectivity index (χ4v) is 4.31. The fourth-order valence-electron chi connectivity index (χ4n) is 4.31. The van der Waals surface area contributed by atoms with Crippen LogP contribution >= 0.6 is 0 Å². The first-order valence-electron chi connectivity index (χ1n) is 10.7. The zero-order chi connectivity index (χ0) is 20.7. The largest absolute Gasteiger partial charge is 0.507 e. The van der Waals surface area contributed by atoms with E-state index < -0.39 is 0 Å². The van der Waals surface area contributed by atoms with Gasteiger partial charge in [-0.2, -0.15) is 0 Å². The molecule has 0 saturated heterocycles. The van der Waals surface area contributed by atoms with Crippen molar-refractivity contribution in [2.75, 3.05) is 0 Å². The van der Waals surface area contributed by atoms with Crippen LogP contribution in [-0.4, -0.2) is 16.0 Å². The lowest BCUT2D eigenvalue weighted by molar-refractivity contribution is -0.117. The molecule has 0 bridgehead atoms. The maximum Gasteiger partial charge on any atom is 0.129 e. The highest BCUT2D eigenvalue weighted by molar-refractivity contribution is 5.75. The highest BCUT2D eigenvalue weighted by Crippen LogP contribution is 2.46. The second kappa shape index (κ2) is 10.5. The van der Waals surface area contributed by atoms with E-state index in [0.717, 1.165) is 62.5 Å². The molecule has 0 fully saturated rings. The molecule has 2 N–H and O–H groups in total. The number of ketones is 1. The van der Waals surface area contributed by atoms with Crippen LogP contribution in [0.4, 0.5) is 0 Å². The lowest BCUT2D eigenvalue weighted by Gasteiger charge is -2.31. The summed E-state index contributed by atoms with van der Waals surface area (Å²) in [6.07, 6.45) is 11.1. The number of rotatable bonds is 10. The van der Waals surface area contributed by atoms with Gasteiger partial charge < -0.3 is 15.0 Å². The number of allylic oxidation sites excluding steroid dienone is 3. The Bertz CT molecular complexity index is 706. The summed E-state index contributed by atoms with van der Waals surface area (Å²) in [6, 6.07) is 3.64. The molecule has 1 aliphatic carbocycles. The number of hydrogen-bond donors (Lipinski definition) is 2. The smallest absolute Gasteiger partial charge is 0.129 e. The number of aryl methyl sites for hydroxylation is 1. The maximum atomic E-state index is 10.9. The summed E-state index contributed by atoms with van der Waals surface area (Å²) in [7, 11) is 0. The first-order chi connectivity index (χ1) is 13.3. The van der Waals surface area contributed by atoms with Gasteiger partial charge in [-0.3, -0.25) is 0 Å².